The molecule has 5 nitrogen and oxygen atoms in total. The number of nitrogen functional groups attached to an aromatic ring is 1. The van der Waals surface area contributed by atoms with Crippen LogP contribution in [0.1, 0.15) is 5.56 Å². The second-order valence-corrected chi connectivity index (χ2v) is 3.38. The van der Waals surface area contributed by atoms with Gasteiger partial charge in [-0.1, -0.05) is 0 Å². The number of hydrogen-bond acceptors (Lipinski definition) is 4. The van der Waals surface area contributed by atoms with Gasteiger partial charge in [-0.2, -0.15) is 0 Å². The van der Waals surface area contributed by atoms with E-state index in [9.17, 15) is 0 Å². The molecule has 5 heteroatoms. The Morgan fingerprint density at radius 2 is 2.36 bits per heavy atom. The third kappa shape index (κ3) is 1.54. The number of anilines is 1. The van der Waals surface area contributed by atoms with Gasteiger partial charge in [-0.3, -0.25) is 5.41 Å². The fraction of sp³-hybridized carbons (Fsp3) is 0.333. The Morgan fingerprint density at radius 3 is 2.93 bits per heavy atom. The number of amidine groups is 1. The van der Waals surface area contributed by atoms with Crippen LogP contribution in [0.25, 0.3) is 0 Å². The second kappa shape index (κ2) is 3.26. The van der Waals surface area contributed by atoms with Gasteiger partial charge < -0.3 is 15.7 Å². The van der Waals surface area contributed by atoms with Gasteiger partial charge >= 0.3 is 0 Å². The van der Waals surface area contributed by atoms with Crippen molar-refractivity contribution >= 4 is 11.7 Å². The lowest BCUT2D eigenvalue weighted by Gasteiger charge is -2.36. The molecule has 1 aromatic heterocycles. The van der Waals surface area contributed by atoms with Gasteiger partial charge in [0.1, 0.15) is 11.7 Å². The minimum absolute atomic E-state index is 0.0368. The third-order valence-electron chi connectivity index (χ3n) is 2.24. The first-order valence-corrected chi connectivity index (χ1v) is 4.40. The van der Waals surface area contributed by atoms with Gasteiger partial charge in [-0.15, -0.1) is 0 Å². The van der Waals surface area contributed by atoms with Gasteiger partial charge in [0, 0.05) is 24.8 Å². The first-order chi connectivity index (χ1) is 6.66. The van der Waals surface area contributed by atoms with Crippen LogP contribution in [0.2, 0.25) is 0 Å². The van der Waals surface area contributed by atoms with Crippen molar-refractivity contribution in [2.75, 3.05) is 18.0 Å². The molecular weight excluding hydrogens is 180 g/mol. The fourth-order valence-corrected chi connectivity index (χ4v) is 1.40. The van der Waals surface area contributed by atoms with Crippen LogP contribution in [0.3, 0.4) is 0 Å². The fourth-order valence-electron chi connectivity index (χ4n) is 1.40. The van der Waals surface area contributed by atoms with Gasteiger partial charge in [-0.25, -0.2) is 4.98 Å². The van der Waals surface area contributed by atoms with E-state index in [1.165, 1.54) is 0 Å². The van der Waals surface area contributed by atoms with Crippen molar-refractivity contribution in [2.45, 2.75) is 6.10 Å². The molecule has 1 aliphatic rings. The second-order valence-electron chi connectivity index (χ2n) is 3.38. The van der Waals surface area contributed by atoms with Crippen LogP contribution in [-0.2, 0) is 0 Å². The van der Waals surface area contributed by atoms with Crippen molar-refractivity contribution in [3.8, 4) is 0 Å². The lowest BCUT2D eigenvalue weighted by atomic mass is 10.1. The summed E-state index contributed by atoms with van der Waals surface area (Å²) in [7, 11) is 0. The lowest BCUT2D eigenvalue weighted by molar-refractivity contribution is 0.141. The molecule has 0 aromatic carbocycles. The van der Waals surface area contributed by atoms with E-state index in [1.54, 1.807) is 18.3 Å². The summed E-state index contributed by atoms with van der Waals surface area (Å²) in [5, 5.41) is 16.4. The maximum atomic E-state index is 9.12. The maximum absolute atomic E-state index is 9.12. The van der Waals surface area contributed by atoms with Crippen molar-refractivity contribution in [3.05, 3.63) is 23.9 Å². The summed E-state index contributed by atoms with van der Waals surface area (Å²) < 4.78 is 0. The van der Waals surface area contributed by atoms with Gasteiger partial charge in [0.2, 0.25) is 0 Å². The number of β-amino-alcohol motifs (C(OH)–C–C–N with tert-alkyl or cyclic N) is 1. The number of hydrogen-bond donors (Lipinski definition) is 3. The zero-order valence-corrected chi connectivity index (χ0v) is 7.64. The number of aromatic nitrogens is 1. The summed E-state index contributed by atoms with van der Waals surface area (Å²) >= 11 is 0. The third-order valence-corrected chi connectivity index (χ3v) is 2.24. The Bertz CT molecular complexity index is 360. The highest BCUT2D eigenvalue weighted by molar-refractivity contribution is 5.95. The molecule has 0 radical (unpaired) electrons. The van der Waals surface area contributed by atoms with Crippen molar-refractivity contribution in [1.82, 2.24) is 4.98 Å². The summed E-state index contributed by atoms with van der Waals surface area (Å²) in [6.45, 7) is 1.21. The zero-order valence-electron chi connectivity index (χ0n) is 7.64. The average molecular weight is 192 g/mol. The summed E-state index contributed by atoms with van der Waals surface area (Å²) in [5.74, 6) is 0.803. The van der Waals surface area contributed by atoms with E-state index >= 15 is 0 Å². The number of nitrogens with two attached hydrogens (primary N) is 1. The van der Waals surface area contributed by atoms with E-state index in [0.29, 0.717) is 18.7 Å². The van der Waals surface area contributed by atoms with Crippen molar-refractivity contribution in [2.24, 2.45) is 5.73 Å². The van der Waals surface area contributed by atoms with Crippen molar-refractivity contribution in [3.63, 3.8) is 0 Å². The number of nitrogens with one attached hydrogen (secondary N) is 1. The minimum atomic E-state index is -0.252. The number of aliphatic hydroxyl groups excluding tert-OH is 1. The van der Waals surface area contributed by atoms with E-state index in [1.807, 2.05) is 4.90 Å². The smallest absolute Gasteiger partial charge is 0.129 e. The molecule has 74 valence electrons. The summed E-state index contributed by atoms with van der Waals surface area (Å²) in [6.07, 6.45) is 1.37. The Kier molecular flexibility index (Phi) is 2.09. The number of rotatable bonds is 2. The van der Waals surface area contributed by atoms with Crippen LogP contribution in [0.4, 0.5) is 5.82 Å². The molecule has 0 spiro atoms. The Balaban J connectivity index is 2.18. The highest BCUT2D eigenvalue weighted by Gasteiger charge is 2.25. The van der Waals surface area contributed by atoms with Crippen molar-refractivity contribution in [1.29, 1.82) is 5.41 Å². The SMILES string of the molecule is N=C(N)c1ccnc(N2CC(O)C2)c1. The van der Waals surface area contributed by atoms with Crippen LogP contribution in [0.5, 0.6) is 0 Å². The van der Waals surface area contributed by atoms with E-state index in [2.05, 4.69) is 4.98 Å². The standard InChI is InChI=1S/C9H12N4O/c10-9(11)6-1-2-12-8(3-6)13-4-7(14)5-13/h1-3,7,14H,4-5H2,(H3,10,11). The minimum Gasteiger partial charge on any atom is -0.389 e. The number of pyridine rings is 1. The van der Waals surface area contributed by atoms with Crippen LogP contribution in [0, 0.1) is 5.41 Å². The molecule has 0 atom stereocenters. The predicted molar refractivity (Wildman–Crippen MR) is 53.5 cm³/mol. The molecule has 0 bridgehead atoms. The van der Waals surface area contributed by atoms with Gasteiger partial charge in [-0.05, 0) is 12.1 Å². The summed E-state index contributed by atoms with van der Waals surface area (Å²) in [6, 6.07) is 3.45. The predicted octanol–water partition coefficient (Wildman–Crippen LogP) is -0.453. The van der Waals surface area contributed by atoms with E-state index in [0.717, 1.165) is 5.82 Å². The molecule has 1 fully saturated rings. The monoisotopic (exact) mass is 192 g/mol. The van der Waals surface area contributed by atoms with Gasteiger partial charge in [0.15, 0.2) is 0 Å². The highest BCUT2D eigenvalue weighted by Crippen LogP contribution is 2.18. The molecule has 2 rings (SSSR count). The molecule has 1 aliphatic heterocycles. The van der Waals surface area contributed by atoms with Crippen molar-refractivity contribution < 1.29 is 5.11 Å². The number of aliphatic hydroxyl groups is 1. The average Bonchev–Trinajstić information content (AvgIpc) is 2.13. The molecule has 0 saturated carbocycles. The van der Waals surface area contributed by atoms with Crippen LogP contribution >= 0.6 is 0 Å². The van der Waals surface area contributed by atoms with E-state index in [4.69, 9.17) is 16.2 Å². The van der Waals surface area contributed by atoms with Gasteiger partial charge in [0.25, 0.3) is 0 Å². The topological polar surface area (TPSA) is 86.2 Å². The Labute approximate surface area is 81.7 Å². The summed E-state index contributed by atoms with van der Waals surface area (Å²) in [5.41, 5.74) is 6.02. The molecule has 1 aromatic rings. The molecular formula is C9H12N4O. The first kappa shape index (κ1) is 8.96. The normalized spacial score (nSPS) is 16.5. The molecule has 0 aliphatic carbocycles. The molecule has 2 heterocycles. The molecule has 4 N–H and O–H groups in total. The van der Waals surface area contributed by atoms with E-state index in [-0.39, 0.29) is 11.9 Å². The number of nitrogens with zero attached hydrogens (tertiary/aromatic N) is 2. The molecule has 0 amide bonds. The Morgan fingerprint density at radius 1 is 1.64 bits per heavy atom. The lowest BCUT2D eigenvalue weighted by Crippen LogP contribution is -2.51. The van der Waals surface area contributed by atoms with E-state index < -0.39 is 0 Å². The molecule has 1 saturated heterocycles. The van der Waals surface area contributed by atoms with Crippen LogP contribution < -0.4 is 10.6 Å². The van der Waals surface area contributed by atoms with Crippen LogP contribution in [-0.4, -0.2) is 35.1 Å². The zero-order chi connectivity index (χ0) is 10.1. The largest absolute Gasteiger partial charge is 0.389 e. The van der Waals surface area contributed by atoms with Gasteiger partial charge in [0.05, 0.1) is 6.10 Å². The summed E-state index contributed by atoms with van der Waals surface area (Å²) in [4.78, 5) is 6.08. The highest BCUT2D eigenvalue weighted by atomic mass is 16.3. The molecule has 14 heavy (non-hydrogen) atoms. The Hall–Kier alpha value is -1.62. The molecule has 0 unspecified atom stereocenters. The quantitative estimate of drug-likeness (QED) is 0.437. The first-order valence-electron chi connectivity index (χ1n) is 4.40. The van der Waals surface area contributed by atoms with Crippen LogP contribution in [0.15, 0.2) is 18.3 Å². The maximum Gasteiger partial charge on any atom is 0.129 e.